The van der Waals surface area contributed by atoms with Gasteiger partial charge in [0.05, 0.1) is 5.25 Å². The molecule has 1 saturated heterocycles. The molecule has 6 rings (SSSR count). The monoisotopic (exact) mass is 441 g/mol. The van der Waals surface area contributed by atoms with Crippen LogP contribution in [0.25, 0.3) is 6.08 Å². The third kappa shape index (κ3) is 3.39. The van der Waals surface area contributed by atoms with Gasteiger partial charge in [0.15, 0.2) is 0 Å². The van der Waals surface area contributed by atoms with E-state index in [0.717, 1.165) is 42.8 Å². The van der Waals surface area contributed by atoms with Crippen molar-refractivity contribution >= 4 is 27.9 Å². The summed E-state index contributed by atoms with van der Waals surface area (Å²) in [7, 11) is -3.07. The maximum absolute atomic E-state index is 12.5. The molecule has 0 aromatic carbocycles. The molecule has 4 fully saturated rings. The molecule has 0 radical (unpaired) electrons. The number of rotatable bonds is 5. The van der Waals surface area contributed by atoms with Crippen molar-refractivity contribution in [3.63, 3.8) is 0 Å². The minimum atomic E-state index is -3.07. The van der Waals surface area contributed by atoms with E-state index in [1.807, 2.05) is 6.20 Å². The van der Waals surface area contributed by atoms with Crippen LogP contribution in [0.15, 0.2) is 24.5 Å². The largest absolute Gasteiger partial charge is 0.351 e. The Kier molecular flexibility index (Phi) is 4.48. The quantitative estimate of drug-likeness (QED) is 0.753. The Morgan fingerprint density at radius 1 is 1.06 bits per heavy atom. The summed E-state index contributed by atoms with van der Waals surface area (Å²) in [4.78, 5) is 11.9. The van der Waals surface area contributed by atoms with Gasteiger partial charge in [-0.3, -0.25) is 0 Å². The first kappa shape index (κ1) is 19.7. The second-order valence-corrected chi connectivity index (χ2v) is 12.2. The van der Waals surface area contributed by atoms with Crippen molar-refractivity contribution in [3.8, 4) is 0 Å². The number of hydrogen-bond donors (Lipinski definition) is 1. The van der Waals surface area contributed by atoms with Crippen molar-refractivity contribution < 1.29 is 8.42 Å². The van der Waals surface area contributed by atoms with Gasteiger partial charge >= 0.3 is 0 Å². The van der Waals surface area contributed by atoms with E-state index < -0.39 is 10.0 Å². The van der Waals surface area contributed by atoms with Gasteiger partial charge in [-0.2, -0.15) is 4.98 Å². The van der Waals surface area contributed by atoms with Gasteiger partial charge in [0.2, 0.25) is 16.0 Å². The number of allylic oxidation sites excluding steroid dienone is 1. The molecule has 0 amide bonds. The van der Waals surface area contributed by atoms with E-state index in [2.05, 4.69) is 33.9 Å². The SMILES string of the molecule is C=C1C=Cc2cnc(NC3CCN(S(=O)(=O)C4CC4)CC3)nc2N1[C@H]1CCCC12CC2. The highest BCUT2D eigenvalue weighted by atomic mass is 32.2. The molecule has 0 unspecified atom stereocenters. The van der Waals surface area contributed by atoms with Gasteiger partial charge in [-0.1, -0.05) is 13.0 Å². The highest BCUT2D eigenvalue weighted by molar-refractivity contribution is 7.90. The molecule has 3 heterocycles. The first-order valence-electron chi connectivity index (χ1n) is 11.8. The van der Waals surface area contributed by atoms with E-state index >= 15 is 0 Å². The van der Waals surface area contributed by atoms with Gasteiger partial charge in [0.1, 0.15) is 5.82 Å². The maximum atomic E-state index is 12.5. The van der Waals surface area contributed by atoms with Crippen LogP contribution in [-0.4, -0.2) is 53.1 Å². The number of fused-ring (bicyclic) bond motifs is 1. The van der Waals surface area contributed by atoms with Gasteiger partial charge in [-0.05, 0) is 68.9 Å². The summed E-state index contributed by atoms with van der Waals surface area (Å²) in [5.41, 5.74) is 2.53. The normalized spacial score (nSPS) is 28.2. The van der Waals surface area contributed by atoms with E-state index in [1.54, 1.807) is 4.31 Å². The van der Waals surface area contributed by atoms with Crippen molar-refractivity contribution in [2.45, 2.75) is 75.1 Å². The highest BCUT2D eigenvalue weighted by Crippen LogP contribution is 2.60. The number of hydrogen-bond acceptors (Lipinski definition) is 6. The molecule has 8 heteroatoms. The molecule has 166 valence electrons. The topological polar surface area (TPSA) is 78.4 Å². The predicted octanol–water partition coefficient (Wildman–Crippen LogP) is 3.52. The zero-order valence-electron chi connectivity index (χ0n) is 18.0. The Hall–Kier alpha value is -1.93. The molecular weight excluding hydrogens is 410 g/mol. The van der Waals surface area contributed by atoms with Gasteiger partial charge < -0.3 is 10.2 Å². The fraction of sp³-hybridized carbons (Fsp3) is 0.652. The van der Waals surface area contributed by atoms with Crippen LogP contribution in [0.1, 0.15) is 63.4 Å². The van der Waals surface area contributed by atoms with Crippen LogP contribution in [0.5, 0.6) is 0 Å². The number of nitrogens with one attached hydrogen (secondary N) is 1. The van der Waals surface area contributed by atoms with Crippen molar-refractivity contribution in [1.82, 2.24) is 14.3 Å². The Bertz CT molecular complexity index is 1040. The van der Waals surface area contributed by atoms with Crippen molar-refractivity contribution in [2.24, 2.45) is 5.41 Å². The van der Waals surface area contributed by atoms with E-state index in [0.29, 0.717) is 30.5 Å². The lowest BCUT2D eigenvalue weighted by molar-refractivity contribution is 0.328. The number of aromatic nitrogens is 2. The molecule has 1 atom stereocenters. The van der Waals surface area contributed by atoms with Crippen molar-refractivity contribution in [3.05, 3.63) is 30.1 Å². The minimum absolute atomic E-state index is 0.126. The van der Waals surface area contributed by atoms with E-state index in [-0.39, 0.29) is 11.3 Å². The second kappa shape index (κ2) is 7.04. The minimum Gasteiger partial charge on any atom is -0.351 e. The van der Waals surface area contributed by atoms with Crippen LogP contribution in [-0.2, 0) is 10.0 Å². The van der Waals surface area contributed by atoms with Crippen LogP contribution in [0, 0.1) is 5.41 Å². The number of anilines is 2. The lowest BCUT2D eigenvalue weighted by atomic mass is 9.96. The number of piperidine rings is 1. The highest BCUT2D eigenvalue weighted by Gasteiger charge is 2.55. The van der Waals surface area contributed by atoms with Gasteiger partial charge in [-0.25, -0.2) is 17.7 Å². The van der Waals surface area contributed by atoms with Gasteiger partial charge in [-0.15, -0.1) is 0 Å². The third-order valence-corrected chi connectivity index (χ3v) is 10.3. The fourth-order valence-corrected chi connectivity index (χ4v) is 7.67. The van der Waals surface area contributed by atoms with E-state index in [1.165, 1.54) is 32.1 Å². The first-order valence-corrected chi connectivity index (χ1v) is 13.3. The summed E-state index contributed by atoms with van der Waals surface area (Å²) in [6.07, 6.45) is 15.7. The average molecular weight is 442 g/mol. The lowest BCUT2D eigenvalue weighted by Gasteiger charge is -2.37. The lowest BCUT2D eigenvalue weighted by Crippen LogP contribution is -2.44. The summed E-state index contributed by atoms with van der Waals surface area (Å²) >= 11 is 0. The molecule has 0 bridgehead atoms. The molecule has 1 aromatic heterocycles. The summed E-state index contributed by atoms with van der Waals surface area (Å²) in [6, 6.07) is 0.683. The van der Waals surface area contributed by atoms with Crippen molar-refractivity contribution in [1.29, 1.82) is 0 Å². The average Bonchev–Trinajstić information content (AvgIpc) is 3.67. The Labute approximate surface area is 184 Å². The molecule has 7 nitrogen and oxygen atoms in total. The standard InChI is InChI=1S/C23H31N5O2S/c1-16-4-5-17-15-24-22(26-21(17)28(16)20-3-2-10-23(20)11-12-23)25-18-8-13-27(14-9-18)31(29,30)19-6-7-19/h4-5,15,18-20H,1-3,6-14H2,(H,24,25,26)/t20-/m0/s1. The van der Waals surface area contributed by atoms with Crippen LogP contribution in [0.2, 0.25) is 0 Å². The second-order valence-electron chi connectivity index (χ2n) is 10.00. The first-order chi connectivity index (χ1) is 15.0. The zero-order chi connectivity index (χ0) is 21.2. The predicted molar refractivity (Wildman–Crippen MR) is 122 cm³/mol. The van der Waals surface area contributed by atoms with E-state index in [9.17, 15) is 8.42 Å². The molecule has 5 aliphatic rings. The third-order valence-electron chi connectivity index (χ3n) is 7.94. The Balaban J connectivity index is 1.18. The van der Waals surface area contributed by atoms with Crippen LogP contribution >= 0.6 is 0 Å². The molecule has 31 heavy (non-hydrogen) atoms. The van der Waals surface area contributed by atoms with Crippen molar-refractivity contribution in [2.75, 3.05) is 23.3 Å². The van der Waals surface area contributed by atoms with Crippen LogP contribution in [0.4, 0.5) is 11.8 Å². The molecule has 2 aliphatic heterocycles. The Morgan fingerprint density at radius 3 is 2.55 bits per heavy atom. The molecule has 1 aromatic rings. The summed E-state index contributed by atoms with van der Waals surface area (Å²) in [6.45, 7) is 5.49. The smallest absolute Gasteiger partial charge is 0.224 e. The summed E-state index contributed by atoms with van der Waals surface area (Å²) in [5.74, 6) is 1.61. The Morgan fingerprint density at radius 2 is 1.84 bits per heavy atom. The number of sulfonamides is 1. The number of nitrogens with zero attached hydrogens (tertiary/aromatic N) is 4. The maximum Gasteiger partial charge on any atom is 0.224 e. The summed E-state index contributed by atoms with van der Waals surface area (Å²) < 4.78 is 26.7. The van der Waals surface area contributed by atoms with Crippen LogP contribution < -0.4 is 10.2 Å². The fourth-order valence-electron chi connectivity index (χ4n) is 5.79. The molecule has 3 aliphatic carbocycles. The van der Waals surface area contributed by atoms with Crippen LogP contribution in [0.3, 0.4) is 0 Å². The zero-order valence-corrected chi connectivity index (χ0v) is 18.8. The molecular formula is C23H31N5O2S. The van der Waals surface area contributed by atoms with Gasteiger partial charge in [0.25, 0.3) is 0 Å². The molecule has 1 N–H and O–H groups in total. The molecule has 1 spiro atoms. The summed E-state index contributed by atoms with van der Waals surface area (Å²) in [5, 5.41) is 3.36. The molecule has 3 saturated carbocycles. The van der Waals surface area contributed by atoms with E-state index in [4.69, 9.17) is 4.98 Å². The van der Waals surface area contributed by atoms with Gasteiger partial charge in [0, 0.05) is 42.6 Å².